The Balaban J connectivity index is 2.02. The molecule has 308 valence electrons. The van der Waals surface area contributed by atoms with Gasteiger partial charge in [0.25, 0.3) is 0 Å². The predicted molar refractivity (Wildman–Crippen MR) is 252 cm³/mol. The van der Waals surface area contributed by atoms with Gasteiger partial charge in [-0.2, -0.15) is 0 Å². The van der Waals surface area contributed by atoms with Crippen molar-refractivity contribution < 1.29 is 14.6 Å². The van der Waals surface area contributed by atoms with Crippen molar-refractivity contribution >= 4 is 22.1 Å². The lowest BCUT2D eigenvalue weighted by molar-refractivity contribution is -0.121. The molecule has 0 aliphatic carbocycles. The summed E-state index contributed by atoms with van der Waals surface area (Å²) in [5, 5.41) is 12.8. The molecule has 0 aromatic heterocycles. The summed E-state index contributed by atoms with van der Waals surface area (Å²) in [5.41, 5.74) is 17.5. The number of carbonyl (C=O) groups excluding carboxylic acids is 1. The first-order chi connectivity index (χ1) is 27.5. The average molecular weight is 812 g/mol. The molecule has 0 unspecified atom stereocenters. The van der Waals surface area contributed by atoms with Crippen molar-refractivity contribution in [3.05, 3.63) is 97.6 Å². The van der Waals surface area contributed by atoms with Gasteiger partial charge in [-0.15, -0.1) is 11.1 Å². The number of ether oxygens (including phenoxy) is 1. The number of unbranched alkanes of at least 4 members (excludes halogenated alkanes) is 8. The Labute approximate surface area is 354 Å². The van der Waals surface area contributed by atoms with Crippen LogP contribution in [0.5, 0.6) is 5.75 Å². The lowest BCUT2D eigenvalue weighted by Gasteiger charge is -2.14. The highest BCUT2D eigenvalue weighted by Gasteiger charge is 2.14. The molecule has 4 nitrogen and oxygen atoms in total. The highest BCUT2D eigenvalue weighted by atomic mass is 28.3. The van der Waals surface area contributed by atoms with E-state index in [0.29, 0.717) is 42.9 Å². The number of nitrogens with one attached hydrogen (secondary N) is 1. The van der Waals surface area contributed by atoms with Gasteiger partial charge in [0, 0.05) is 48.2 Å². The van der Waals surface area contributed by atoms with E-state index in [-0.39, 0.29) is 12.5 Å². The number of rotatable bonds is 16. The van der Waals surface area contributed by atoms with Crippen LogP contribution in [0.1, 0.15) is 139 Å². The smallest absolute Gasteiger partial charge is 0.220 e. The Hall–Kier alpha value is -4.44. The number of hydrogen-bond acceptors (Lipinski definition) is 3. The summed E-state index contributed by atoms with van der Waals surface area (Å²) >= 11 is 0. The number of amides is 1. The van der Waals surface area contributed by atoms with Gasteiger partial charge in [-0.3, -0.25) is 4.79 Å². The van der Waals surface area contributed by atoms with Gasteiger partial charge < -0.3 is 15.2 Å². The molecule has 0 bridgehead atoms. The van der Waals surface area contributed by atoms with Gasteiger partial charge in [0.2, 0.25) is 5.91 Å². The normalized spacial score (nSPS) is 10.9. The summed E-state index contributed by atoms with van der Waals surface area (Å²) in [4.78, 5) is 13.0. The van der Waals surface area contributed by atoms with Crippen LogP contribution in [0.4, 0.5) is 0 Å². The summed E-state index contributed by atoms with van der Waals surface area (Å²) in [6, 6.07) is 12.5. The maximum atomic E-state index is 13.0. The standard InChI is InChI=1S/C52H69NO3Si2/c1-12-13-14-15-16-17-18-19-20-22-51(55)53-39-44-37-49(25-23-45-33-42(4)47(35-40(45)2)27-31-57(6,7)8)52(56-30-21-29-54)50(38-44)26-24-46-34-43(5)48(36-41(46)3)28-32-58(9,10)11/h33-38,54H,12-22,29-30,39H2,1-11H3,(H,53,55). The lowest BCUT2D eigenvalue weighted by Crippen LogP contribution is -2.22. The quantitative estimate of drug-likeness (QED) is 0.0861. The second-order valence-corrected chi connectivity index (χ2v) is 27.3. The van der Waals surface area contributed by atoms with E-state index in [1.807, 2.05) is 12.1 Å². The van der Waals surface area contributed by atoms with Crippen molar-refractivity contribution in [2.75, 3.05) is 13.2 Å². The zero-order valence-corrected chi connectivity index (χ0v) is 39.6. The van der Waals surface area contributed by atoms with Crippen LogP contribution in [-0.2, 0) is 11.3 Å². The number of aliphatic hydroxyl groups excluding tert-OH is 1. The van der Waals surface area contributed by atoms with Crippen LogP contribution in [0.25, 0.3) is 0 Å². The minimum Gasteiger partial charge on any atom is -0.491 e. The molecular weight excluding hydrogens is 743 g/mol. The monoisotopic (exact) mass is 811 g/mol. The van der Waals surface area contributed by atoms with Crippen LogP contribution in [0.2, 0.25) is 39.3 Å². The van der Waals surface area contributed by atoms with E-state index < -0.39 is 16.1 Å². The molecule has 0 radical (unpaired) electrons. The Bertz CT molecular complexity index is 2000. The van der Waals surface area contributed by atoms with Crippen molar-refractivity contribution in [2.24, 2.45) is 0 Å². The summed E-state index contributed by atoms with van der Waals surface area (Å²) in [6.45, 7) is 24.8. The number of aliphatic hydroxyl groups is 1. The number of hydrogen-bond donors (Lipinski definition) is 2. The van der Waals surface area contributed by atoms with Crippen LogP contribution in [0, 0.1) is 74.3 Å². The van der Waals surface area contributed by atoms with Crippen molar-refractivity contribution in [2.45, 2.75) is 151 Å². The minimum absolute atomic E-state index is 0.0158. The van der Waals surface area contributed by atoms with Gasteiger partial charge in [0.15, 0.2) is 5.75 Å². The fourth-order valence-electron chi connectivity index (χ4n) is 6.21. The first-order valence-electron chi connectivity index (χ1n) is 21.5. The molecule has 0 fully saturated rings. The Morgan fingerprint density at radius 1 is 0.569 bits per heavy atom. The molecule has 0 heterocycles. The lowest BCUT2D eigenvalue weighted by atomic mass is 9.98. The van der Waals surface area contributed by atoms with Crippen LogP contribution < -0.4 is 10.1 Å². The van der Waals surface area contributed by atoms with Crippen molar-refractivity contribution in [3.63, 3.8) is 0 Å². The Kier molecular flexibility index (Phi) is 19.7. The predicted octanol–water partition coefficient (Wildman–Crippen LogP) is 11.5. The van der Waals surface area contributed by atoms with Crippen molar-refractivity contribution in [1.29, 1.82) is 0 Å². The van der Waals surface area contributed by atoms with Gasteiger partial charge >= 0.3 is 0 Å². The van der Waals surface area contributed by atoms with E-state index in [1.165, 1.54) is 44.9 Å². The molecule has 0 aliphatic heterocycles. The SMILES string of the molecule is CCCCCCCCCCCC(=O)NCc1cc(C#Cc2cc(C)c(C#C[Si](C)(C)C)cc2C)c(OCCCO)c(C#Cc2cc(C)c(C#C[Si](C)(C)C)cc2C)c1. The topological polar surface area (TPSA) is 58.6 Å². The van der Waals surface area contributed by atoms with Gasteiger partial charge in [-0.25, -0.2) is 0 Å². The van der Waals surface area contributed by atoms with Crippen LogP contribution in [0.15, 0.2) is 36.4 Å². The molecule has 0 aliphatic rings. The molecule has 0 atom stereocenters. The molecule has 3 aromatic carbocycles. The average Bonchev–Trinajstić information content (AvgIpc) is 3.15. The highest BCUT2D eigenvalue weighted by molar-refractivity contribution is 6.84. The van der Waals surface area contributed by atoms with Gasteiger partial charge in [0.05, 0.1) is 17.7 Å². The maximum absolute atomic E-state index is 13.0. The fraction of sp³-hybridized carbons (Fsp3) is 0.481. The Morgan fingerprint density at radius 2 is 0.966 bits per heavy atom. The second kappa shape index (κ2) is 23.8. The Morgan fingerprint density at radius 3 is 1.38 bits per heavy atom. The summed E-state index contributed by atoms with van der Waals surface area (Å²) < 4.78 is 6.37. The van der Waals surface area contributed by atoms with E-state index in [9.17, 15) is 9.90 Å². The molecule has 0 saturated heterocycles. The number of benzene rings is 3. The first kappa shape index (κ1) is 47.9. The molecule has 3 aromatic rings. The van der Waals surface area contributed by atoms with Crippen LogP contribution in [-0.4, -0.2) is 40.4 Å². The van der Waals surface area contributed by atoms with Crippen molar-refractivity contribution in [1.82, 2.24) is 5.32 Å². The first-order valence-corrected chi connectivity index (χ1v) is 28.5. The molecule has 2 N–H and O–H groups in total. The van der Waals surface area contributed by atoms with Crippen LogP contribution in [0.3, 0.4) is 0 Å². The largest absolute Gasteiger partial charge is 0.491 e. The summed E-state index contributed by atoms with van der Waals surface area (Å²) in [5.74, 6) is 21.2. The van der Waals surface area contributed by atoms with Gasteiger partial charge in [-0.05, 0) is 98.3 Å². The van der Waals surface area contributed by atoms with E-state index in [1.54, 1.807) is 0 Å². The highest BCUT2D eigenvalue weighted by Crippen LogP contribution is 2.27. The third-order valence-electron chi connectivity index (χ3n) is 9.65. The van der Waals surface area contributed by atoms with Gasteiger partial charge in [-0.1, -0.05) is 133 Å². The zero-order chi connectivity index (χ0) is 42.7. The second-order valence-electron chi connectivity index (χ2n) is 17.8. The molecule has 0 saturated carbocycles. The minimum atomic E-state index is -1.52. The maximum Gasteiger partial charge on any atom is 0.220 e. The van der Waals surface area contributed by atoms with E-state index >= 15 is 0 Å². The molecule has 1 amide bonds. The molecule has 0 spiro atoms. The third-order valence-corrected chi connectivity index (χ3v) is 11.4. The molecule has 58 heavy (non-hydrogen) atoms. The molecular formula is C52H69NO3Si2. The van der Waals surface area contributed by atoms with E-state index in [2.05, 4.69) is 150 Å². The molecule has 6 heteroatoms. The molecule has 3 rings (SSSR count). The number of aryl methyl sites for hydroxylation is 4. The fourth-order valence-corrected chi connectivity index (χ4v) is 7.23. The van der Waals surface area contributed by atoms with E-state index in [0.717, 1.165) is 62.9 Å². The van der Waals surface area contributed by atoms with Crippen molar-refractivity contribution in [3.8, 4) is 52.4 Å². The summed E-state index contributed by atoms with van der Waals surface area (Å²) in [6.07, 6.45) is 11.9. The van der Waals surface area contributed by atoms with E-state index in [4.69, 9.17) is 4.74 Å². The zero-order valence-electron chi connectivity index (χ0n) is 37.6. The van der Waals surface area contributed by atoms with Crippen LogP contribution >= 0.6 is 0 Å². The third kappa shape index (κ3) is 17.6. The number of carbonyl (C=O) groups is 1. The summed E-state index contributed by atoms with van der Waals surface area (Å²) in [7, 11) is -3.05. The van der Waals surface area contributed by atoms with Gasteiger partial charge in [0.1, 0.15) is 16.1 Å².